The highest BCUT2D eigenvalue weighted by molar-refractivity contribution is 7.99. The van der Waals surface area contributed by atoms with Crippen LogP contribution in [0.1, 0.15) is 45.8 Å². The fourth-order valence-electron chi connectivity index (χ4n) is 4.22. The van der Waals surface area contributed by atoms with Gasteiger partial charge in [0.15, 0.2) is 5.69 Å². The molecule has 182 valence electrons. The first-order valence-electron chi connectivity index (χ1n) is 11.4. The Bertz CT molecular complexity index is 1450. The summed E-state index contributed by atoms with van der Waals surface area (Å²) in [5.74, 6) is 0.794. The van der Waals surface area contributed by atoms with Crippen LogP contribution in [0.4, 0.5) is 4.39 Å². The first kappa shape index (κ1) is 24.6. The highest BCUT2D eigenvalue weighted by Crippen LogP contribution is 2.39. The molecule has 0 unspecified atom stereocenters. The van der Waals surface area contributed by atoms with Crippen molar-refractivity contribution in [3.05, 3.63) is 117 Å². The number of benzene rings is 3. The van der Waals surface area contributed by atoms with E-state index in [2.05, 4.69) is 5.32 Å². The van der Waals surface area contributed by atoms with Crippen LogP contribution in [0.15, 0.2) is 72.8 Å². The van der Waals surface area contributed by atoms with Crippen molar-refractivity contribution in [2.45, 2.75) is 18.7 Å². The maximum atomic E-state index is 13.5. The van der Waals surface area contributed by atoms with Crippen molar-refractivity contribution in [2.75, 3.05) is 5.75 Å². The van der Waals surface area contributed by atoms with Gasteiger partial charge < -0.3 is 5.32 Å². The number of thioether (sulfide) groups is 1. The van der Waals surface area contributed by atoms with Gasteiger partial charge in [0.25, 0.3) is 5.91 Å². The lowest BCUT2D eigenvalue weighted by Crippen LogP contribution is -2.28. The number of hydrogen-bond donors (Lipinski definition) is 1. The number of amides is 1. The molecular weight excluding hydrogens is 516 g/mol. The molecule has 5 rings (SSSR count). The van der Waals surface area contributed by atoms with Crippen LogP contribution in [-0.4, -0.2) is 21.4 Å². The number of halogens is 3. The van der Waals surface area contributed by atoms with Gasteiger partial charge in [-0.05, 0) is 60.0 Å². The summed E-state index contributed by atoms with van der Waals surface area (Å²) in [4.78, 5) is 13.5. The van der Waals surface area contributed by atoms with Crippen LogP contribution in [-0.2, 0) is 5.75 Å². The van der Waals surface area contributed by atoms with Crippen LogP contribution < -0.4 is 5.32 Å². The maximum absolute atomic E-state index is 13.5. The Hall–Kier alpha value is -3.06. The third-order valence-corrected chi connectivity index (χ3v) is 7.55. The van der Waals surface area contributed by atoms with Gasteiger partial charge in [-0.1, -0.05) is 65.7 Å². The molecular formula is C28H22Cl2FN3OS. The molecule has 0 aliphatic carbocycles. The summed E-state index contributed by atoms with van der Waals surface area (Å²) in [6.45, 7) is 1.95. The number of nitrogens with one attached hydrogen (secondary N) is 1. The Kier molecular flexibility index (Phi) is 7.19. The summed E-state index contributed by atoms with van der Waals surface area (Å²) in [7, 11) is 0. The van der Waals surface area contributed by atoms with Gasteiger partial charge in [0.2, 0.25) is 0 Å². The summed E-state index contributed by atoms with van der Waals surface area (Å²) in [6, 6.07) is 21.1. The lowest BCUT2D eigenvalue weighted by Gasteiger charge is -2.19. The Balaban J connectivity index is 1.61. The zero-order valence-electron chi connectivity index (χ0n) is 19.3. The second kappa shape index (κ2) is 10.5. The third-order valence-electron chi connectivity index (χ3n) is 6.00. The number of nitrogens with zero attached hydrogens (tertiary/aromatic N) is 2. The van der Waals surface area contributed by atoms with Gasteiger partial charge >= 0.3 is 0 Å². The summed E-state index contributed by atoms with van der Waals surface area (Å²) in [6.07, 6.45) is 2.00. The number of hydrogen-bond acceptors (Lipinski definition) is 3. The molecule has 1 atom stereocenters. The van der Waals surface area contributed by atoms with Crippen molar-refractivity contribution in [3.63, 3.8) is 0 Å². The van der Waals surface area contributed by atoms with E-state index in [4.69, 9.17) is 28.3 Å². The molecule has 0 bridgehead atoms. The van der Waals surface area contributed by atoms with Crippen LogP contribution >= 0.6 is 35.0 Å². The standard InChI is InChI=1S/C28H22Cl2FN3OS/c1-17(19-5-3-2-4-6-19)32-28(35)26-23-16-36-15-20(13-18-7-10-22(31)11-8-18)27(23)34(33-26)25-12-9-21(29)14-24(25)30/h2-14,17H,15-16H2,1H3,(H,32,35)/t17-/m1/s1. The number of fused-ring (bicyclic) bond motifs is 1. The van der Waals surface area contributed by atoms with E-state index in [1.165, 1.54) is 12.1 Å². The molecule has 0 fully saturated rings. The predicted octanol–water partition coefficient (Wildman–Crippen LogP) is 7.60. The molecule has 0 saturated heterocycles. The summed E-state index contributed by atoms with van der Waals surface area (Å²) in [5, 5.41) is 8.79. The lowest BCUT2D eigenvalue weighted by molar-refractivity contribution is 0.0933. The predicted molar refractivity (Wildman–Crippen MR) is 146 cm³/mol. The zero-order chi connectivity index (χ0) is 25.2. The first-order valence-corrected chi connectivity index (χ1v) is 13.3. The number of carbonyl (C=O) groups excluding carboxylic acids is 1. The van der Waals surface area contributed by atoms with E-state index in [1.807, 2.05) is 43.3 Å². The SMILES string of the molecule is C[C@@H](NC(=O)c1nn(-c2ccc(Cl)cc2Cl)c2c1CSCC2=Cc1ccc(F)cc1)c1ccccc1. The zero-order valence-corrected chi connectivity index (χ0v) is 21.7. The molecule has 4 aromatic rings. The second-order valence-corrected chi connectivity index (χ2v) is 10.3. The highest BCUT2D eigenvalue weighted by atomic mass is 35.5. The molecule has 36 heavy (non-hydrogen) atoms. The van der Waals surface area contributed by atoms with Crippen molar-refractivity contribution >= 4 is 52.5 Å². The van der Waals surface area contributed by atoms with Crippen molar-refractivity contribution in [3.8, 4) is 5.69 Å². The molecule has 0 saturated carbocycles. The monoisotopic (exact) mass is 537 g/mol. The van der Waals surface area contributed by atoms with E-state index in [-0.39, 0.29) is 17.8 Å². The minimum Gasteiger partial charge on any atom is -0.344 e. The molecule has 3 aromatic carbocycles. The summed E-state index contributed by atoms with van der Waals surface area (Å²) >= 11 is 14.4. The topological polar surface area (TPSA) is 46.9 Å². The van der Waals surface area contributed by atoms with Gasteiger partial charge in [-0.3, -0.25) is 4.79 Å². The molecule has 1 N–H and O–H groups in total. The molecule has 8 heteroatoms. The fraction of sp³-hybridized carbons (Fsp3) is 0.143. The Morgan fingerprint density at radius 1 is 1.08 bits per heavy atom. The van der Waals surface area contributed by atoms with Crippen molar-refractivity contribution in [1.82, 2.24) is 15.1 Å². The van der Waals surface area contributed by atoms with Crippen LogP contribution in [0.5, 0.6) is 0 Å². The van der Waals surface area contributed by atoms with Gasteiger partial charge in [-0.15, -0.1) is 0 Å². The maximum Gasteiger partial charge on any atom is 0.272 e. The molecule has 1 aliphatic rings. The minimum atomic E-state index is -0.291. The molecule has 1 aliphatic heterocycles. The van der Waals surface area contributed by atoms with Gasteiger partial charge in [-0.2, -0.15) is 16.9 Å². The summed E-state index contributed by atoms with van der Waals surface area (Å²) < 4.78 is 15.2. The molecule has 0 spiro atoms. The van der Waals surface area contributed by atoms with E-state index >= 15 is 0 Å². The minimum absolute atomic E-state index is 0.191. The third kappa shape index (κ3) is 5.07. The number of carbonyl (C=O) groups is 1. The first-order chi connectivity index (χ1) is 17.4. The Labute approximate surface area is 223 Å². The van der Waals surface area contributed by atoms with Crippen LogP contribution in [0.2, 0.25) is 10.0 Å². The molecule has 2 heterocycles. The molecule has 1 aromatic heterocycles. The molecule has 1 amide bonds. The van der Waals surface area contributed by atoms with Crippen molar-refractivity contribution < 1.29 is 9.18 Å². The second-order valence-electron chi connectivity index (χ2n) is 8.50. The van der Waals surface area contributed by atoms with Crippen LogP contribution in [0.3, 0.4) is 0 Å². The van der Waals surface area contributed by atoms with Crippen molar-refractivity contribution in [1.29, 1.82) is 0 Å². The van der Waals surface area contributed by atoms with Gasteiger partial charge in [0.05, 0.1) is 22.4 Å². The highest BCUT2D eigenvalue weighted by Gasteiger charge is 2.30. The van der Waals surface area contributed by atoms with Crippen LogP contribution in [0, 0.1) is 5.82 Å². The van der Waals surface area contributed by atoms with E-state index in [0.717, 1.165) is 28.0 Å². The van der Waals surface area contributed by atoms with Crippen LogP contribution in [0.25, 0.3) is 17.3 Å². The van der Waals surface area contributed by atoms with E-state index in [9.17, 15) is 9.18 Å². The average molecular weight is 538 g/mol. The molecule has 0 radical (unpaired) electrons. The fourth-order valence-corrected chi connectivity index (χ4v) is 5.73. The number of aromatic nitrogens is 2. The van der Waals surface area contributed by atoms with E-state index in [0.29, 0.717) is 32.9 Å². The van der Waals surface area contributed by atoms with Gasteiger partial charge in [-0.25, -0.2) is 9.07 Å². The average Bonchev–Trinajstić information content (AvgIpc) is 3.26. The lowest BCUT2D eigenvalue weighted by atomic mass is 10.0. The van der Waals surface area contributed by atoms with Crippen molar-refractivity contribution in [2.24, 2.45) is 0 Å². The smallest absolute Gasteiger partial charge is 0.272 e. The van der Waals surface area contributed by atoms with Gasteiger partial charge in [0.1, 0.15) is 5.82 Å². The molecule has 4 nitrogen and oxygen atoms in total. The Morgan fingerprint density at radius 3 is 2.56 bits per heavy atom. The largest absolute Gasteiger partial charge is 0.344 e. The number of rotatable bonds is 5. The summed E-state index contributed by atoms with van der Waals surface area (Å²) in [5.41, 5.74) is 5.48. The van der Waals surface area contributed by atoms with E-state index in [1.54, 1.807) is 46.8 Å². The normalized spacial score (nSPS) is 14.9. The Morgan fingerprint density at radius 2 is 1.83 bits per heavy atom. The van der Waals surface area contributed by atoms with E-state index < -0.39 is 0 Å². The quantitative estimate of drug-likeness (QED) is 0.285. The van der Waals surface area contributed by atoms with Gasteiger partial charge in [0, 0.05) is 22.1 Å².